The van der Waals surface area contributed by atoms with E-state index in [0.29, 0.717) is 5.02 Å². The molecule has 0 amide bonds. The van der Waals surface area contributed by atoms with Crippen LogP contribution in [0.4, 0.5) is 13.2 Å². The number of rotatable bonds is 5. The predicted molar refractivity (Wildman–Crippen MR) is 115 cm³/mol. The number of hydrogen-bond donors (Lipinski definition) is 2. The molecule has 0 radical (unpaired) electrons. The third-order valence-corrected chi connectivity index (χ3v) is 4.67. The lowest BCUT2D eigenvalue weighted by molar-refractivity contribution is -0.192. The number of piperidine rings is 1. The molecule has 176 valence electrons. The Bertz CT molecular complexity index is 917. The summed E-state index contributed by atoms with van der Waals surface area (Å²) in [5, 5.41) is 11.2. The zero-order valence-electron chi connectivity index (χ0n) is 18.0. The van der Waals surface area contributed by atoms with Crippen LogP contribution in [0.15, 0.2) is 30.6 Å². The maximum atomic E-state index is 10.6. The Morgan fingerprint density at radius 1 is 1.22 bits per heavy atom. The smallest absolute Gasteiger partial charge is 0.489 e. The number of benzene rings is 1. The topological polar surface area (TPSA) is 80.7 Å². The minimum Gasteiger partial charge on any atom is -0.489 e. The molecule has 2 aromatic rings. The van der Waals surface area contributed by atoms with Crippen LogP contribution in [0.3, 0.4) is 0 Å². The van der Waals surface area contributed by atoms with Gasteiger partial charge < -0.3 is 19.9 Å². The van der Waals surface area contributed by atoms with Crippen LogP contribution >= 0.6 is 11.6 Å². The molecule has 1 aromatic carbocycles. The number of aromatic nitrogens is 1. The second-order valence-corrected chi connectivity index (χ2v) is 7.98. The Morgan fingerprint density at radius 2 is 1.84 bits per heavy atom. The lowest BCUT2D eigenvalue weighted by atomic mass is 10.0. The van der Waals surface area contributed by atoms with Gasteiger partial charge in [-0.1, -0.05) is 11.6 Å². The van der Waals surface area contributed by atoms with Gasteiger partial charge in [-0.2, -0.15) is 13.2 Å². The van der Waals surface area contributed by atoms with Crippen molar-refractivity contribution in [3.05, 3.63) is 41.2 Å². The molecule has 1 aliphatic rings. The highest BCUT2D eigenvalue weighted by Gasteiger charge is 2.38. The average molecular weight is 475 g/mol. The summed E-state index contributed by atoms with van der Waals surface area (Å²) in [6, 6.07) is 5.89. The van der Waals surface area contributed by atoms with E-state index in [1.54, 1.807) is 6.20 Å². The van der Waals surface area contributed by atoms with Crippen LogP contribution in [0.25, 0.3) is 11.1 Å². The van der Waals surface area contributed by atoms with Crippen LogP contribution in [0, 0.1) is 6.92 Å². The van der Waals surface area contributed by atoms with Crippen LogP contribution in [0.5, 0.6) is 11.5 Å². The van der Waals surface area contributed by atoms with Gasteiger partial charge in [0.25, 0.3) is 0 Å². The van der Waals surface area contributed by atoms with Crippen LogP contribution in [-0.2, 0) is 4.79 Å². The molecule has 6 nitrogen and oxygen atoms in total. The number of pyridine rings is 1. The van der Waals surface area contributed by atoms with E-state index in [1.165, 1.54) is 0 Å². The fourth-order valence-corrected chi connectivity index (χ4v) is 3.36. The number of aliphatic carboxylic acids is 1. The number of halogens is 4. The second kappa shape index (κ2) is 11.4. The maximum absolute atomic E-state index is 10.6. The van der Waals surface area contributed by atoms with Gasteiger partial charge in [-0.3, -0.25) is 4.98 Å². The van der Waals surface area contributed by atoms with E-state index in [0.717, 1.165) is 54.1 Å². The number of hydrogen-bond acceptors (Lipinski definition) is 5. The van der Waals surface area contributed by atoms with Crippen LogP contribution in [-0.4, -0.2) is 47.5 Å². The first kappa shape index (κ1) is 25.7. The summed E-state index contributed by atoms with van der Waals surface area (Å²) < 4.78 is 43.9. The molecule has 10 heteroatoms. The highest BCUT2D eigenvalue weighted by atomic mass is 35.5. The number of nitrogens with zero attached hydrogens (tertiary/aromatic N) is 1. The van der Waals surface area contributed by atoms with Gasteiger partial charge in [0, 0.05) is 22.3 Å². The van der Waals surface area contributed by atoms with Crippen LogP contribution in [0.2, 0.25) is 5.02 Å². The minimum absolute atomic E-state index is 0.101. The molecule has 1 aliphatic heterocycles. The first-order valence-corrected chi connectivity index (χ1v) is 10.4. The zero-order valence-corrected chi connectivity index (χ0v) is 18.8. The van der Waals surface area contributed by atoms with Gasteiger partial charge in [-0.15, -0.1) is 0 Å². The van der Waals surface area contributed by atoms with Crippen molar-refractivity contribution in [2.24, 2.45) is 0 Å². The SMILES string of the molecule is Cc1cc(Cl)cc(-c2cncc(OC(C)C)c2)c1OC1CCNCC1.O=C(O)C(F)(F)F. The average Bonchev–Trinajstić information content (AvgIpc) is 2.70. The fourth-order valence-electron chi connectivity index (χ4n) is 3.08. The molecule has 0 saturated carbocycles. The van der Waals surface area contributed by atoms with E-state index < -0.39 is 12.1 Å². The summed E-state index contributed by atoms with van der Waals surface area (Å²) in [6.45, 7) is 8.02. The van der Waals surface area contributed by atoms with E-state index in [1.807, 2.05) is 45.2 Å². The molecular weight excluding hydrogens is 449 g/mol. The van der Waals surface area contributed by atoms with Crippen molar-refractivity contribution in [1.29, 1.82) is 0 Å². The largest absolute Gasteiger partial charge is 0.490 e. The molecule has 2 N–H and O–H groups in total. The number of carbonyl (C=O) groups is 1. The summed E-state index contributed by atoms with van der Waals surface area (Å²) in [5.74, 6) is -1.12. The molecule has 0 spiro atoms. The standard InChI is InChI=1S/C20H25ClN2O2.C2HF3O2/c1-13(2)24-18-9-15(11-23-12-18)19-10-16(21)8-14(3)20(19)25-17-4-6-22-7-5-17;3-2(4,5)1(6)7/h8-13,17,22H,4-7H2,1-3H3;(H,6,7). The number of carboxylic acids is 1. The Morgan fingerprint density at radius 3 is 2.41 bits per heavy atom. The third kappa shape index (κ3) is 7.87. The molecule has 0 atom stereocenters. The molecule has 1 fully saturated rings. The van der Waals surface area contributed by atoms with E-state index in [2.05, 4.69) is 10.3 Å². The van der Waals surface area contributed by atoms with Gasteiger partial charge in [-0.25, -0.2) is 4.79 Å². The van der Waals surface area contributed by atoms with Crippen molar-refractivity contribution in [2.45, 2.75) is 52.0 Å². The molecule has 3 rings (SSSR count). The van der Waals surface area contributed by atoms with Gasteiger partial charge in [0.2, 0.25) is 0 Å². The van der Waals surface area contributed by atoms with Crippen LogP contribution < -0.4 is 14.8 Å². The van der Waals surface area contributed by atoms with Gasteiger partial charge in [0.05, 0.1) is 12.3 Å². The Balaban J connectivity index is 0.000000451. The normalized spacial score (nSPS) is 14.5. The van der Waals surface area contributed by atoms with E-state index in [4.69, 9.17) is 31.0 Å². The fraction of sp³-hybridized carbons (Fsp3) is 0.455. The first-order valence-electron chi connectivity index (χ1n) is 10.1. The number of ether oxygens (including phenoxy) is 2. The summed E-state index contributed by atoms with van der Waals surface area (Å²) in [7, 11) is 0. The number of nitrogens with one attached hydrogen (secondary N) is 1. The molecule has 2 heterocycles. The lowest BCUT2D eigenvalue weighted by Gasteiger charge is -2.26. The van der Waals surface area contributed by atoms with Gasteiger partial charge in [-0.05, 0) is 70.5 Å². The molecular formula is C22H26ClF3N2O4. The zero-order chi connectivity index (χ0) is 23.9. The van der Waals surface area contributed by atoms with Crippen molar-refractivity contribution in [1.82, 2.24) is 10.3 Å². The minimum atomic E-state index is -5.08. The summed E-state index contributed by atoms with van der Waals surface area (Å²) >= 11 is 6.32. The molecule has 0 aliphatic carbocycles. The van der Waals surface area contributed by atoms with Crippen molar-refractivity contribution < 1.29 is 32.5 Å². The number of alkyl halides is 3. The third-order valence-electron chi connectivity index (χ3n) is 4.45. The van der Waals surface area contributed by atoms with Crippen molar-refractivity contribution >= 4 is 17.6 Å². The molecule has 0 bridgehead atoms. The van der Waals surface area contributed by atoms with Crippen molar-refractivity contribution in [3.8, 4) is 22.6 Å². The maximum Gasteiger partial charge on any atom is 0.490 e. The summed E-state index contributed by atoms with van der Waals surface area (Å²) in [5.41, 5.74) is 2.95. The van der Waals surface area contributed by atoms with E-state index in [-0.39, 0.29) is 12.2 Å². The summed E-state index contributed by atoms with van der Waals surface area (Å²) in [6.07, 6.45) is 0.820. The molecule has 1 saturated heterocycles. The van der Waals surface area contributed by atoms with Crippen LogP contribution in [0.1, 0.15) is 32.3 Å². The lowest BCUT2D eigenvalue weighted by Crippen LogP contribution is -2.34. The quantitative estimate of drug-likeness (QED) is 0.615. The number of aryl methyl sites for hydroxylation is 1. The number of carboxylic acid groups (broad SMARTS) is 1. The predicted octanol–water partition coefficient (Wildman–Crippen LogP) is 5.26. The first-order chi connectivity index (χ1) is 15.0. The van der Waals surface area contributed by atoms with E-state index >= 15 is 0 Å². The molecule has 0 unspecified atom stereocenters. The Hall–Kier alpha value is -2.52. The second-order valence-electron chi connectivity index (χ2n) is 7.55. The Kier molecular flexibility index (Phi) is 9.15. The van der Waals surface area contributed by atoms with Gasteiger partial charge >= 0.3 is 12.1 Å². The van der Waals surface area contributed by atoms with E-state index in [9.17, 15) is 13.2 Å². The molecule has 32 heavy (non-hydrogen) atoms. The van der Waals surface area contributed by atoms with Gasteiger partial charge in [0.1, 0.15) is 17.6 Å². The molecule has 1 aromatic heterocycles. The van der Waals surface area contributed by atoms with Gasteiger partial charge in [0.15, 0.2) is 0 Å². The highest BCUT2D eigenvalue weighted by Crippen LogP contribution is 2.38. The highest BCUT2D eigenvalue weighted by molar-refractivity contribution is 6.31. The Labute approximate surface area is 189 Å². The van der Waals surface area contributed by atoms with Crippen molar-refractivity contribution in [3.63, 3.8) is 0 Å². The monoisotopic (exact) mass is 474 g/mol. The summed E-state index contributed by atoms with van der Waals surface area (Å²) in [4.78, 5) is 13.2. The van der Waals surface area contributed by atoms with Crippen molar-refractivity contribution in [2.75, 3.05) is 13.1 Å².